The highest BCUT2D eigenvalue weighted by Crippen LogP contribution is 2.27. The van der Waals surface area contributed by atoms with Crippen LogP contribution in [0.15, 0.2) is 18.2 Å². The molecule has 0 saturated carbocycles. The monoisotopic (exact) mass is 384 g/mol. The second kappa shape index (κ2) is 7.74. The number of carbonyl (C=O) groups is 3. The molecule has 0 N–H and O–H groups in total. The molecule has 2 aliphatic heterocycles. The molecule has 0 aliphatic carbocycles. The third-order valence-electron chi connectivity index (χ3n) is 4.58. The minimum Gasteiger partial charge on any atom is -0.343 e. The van der Waals surface area contributed by atoms with Crippen molar-refractivity contribution < 1.29 is 18.8 Å². The fourth-order valence-electron chi connectivity index (χ4n) is 3.20. The average molecular weight is 385 g/mol. The van der Waals surface area contributed by atoms with Crippen LogP contribution in [0.1, 0.15) is 24.8 Å². The van der Waals surface area contributed by atoms with Crippen molar-refractivity contribution in [2.45, 2.75) is 31.7 Å². The molecule has 3 rings (SSSR count). The Balaban J connectivity index is 1.49. The standard InChI is InChI=1S/C17H18ClFN2O3S/c18-13-9-11(1-3-14(13)19)2-4-15(22)20-7-5-12(6-8-20)21-16(23)10-25-17(21)24/h1,3,9,12H,2,4-8,10H2. The number of rotatable bonds is 4. The number of hydrogen-bond donors (Lipinski definition) is 0. The Hall–Kier alpha value is -1.60. The maximum Gasteiger partial charge on any atom is 0.289 e. The van der Waals surface area contributed by atoms with Crippen LogP contribution in [-0.4, -0.2) is 51.7 Å². The molecule has 2 aliphatic rings. The van der Waals surface area contributed by atoms with Crippen LogP contribution in [0.2, 0.25) is 5.02 Å². The Labute approximate surface area is 154 Å². The Morgan fingerprint density at radius 2 is 2.00 bits per heavy atom. The molecule has 3 amide bonds. The van der Waals surface area contributed by atoms with Crippen LogP contribution in [-0.2, 0) is 16.0 Å². The van der Waals surface area contributed by atoms with Gasteiger partial charge in [-0.2, -0.15) is 0 Å². The van der Waals surface area contributed by atoms with Crippen molar-refractivity contribution in [2.75, 3.05) is 18.8 Å². The lowest BCUT2D eigenvalue weighted by atomic mass is 10.0. The van der Waals surface area contributed by atoms with Gasteiger partial charge in [-0.25, -0.2) is 4.39 Å². The van der Waals surface area contributed by atoms with E-state index in [1.54, 1.807) is 17.0 Å². The molecule has 1 aromatic carbocycles. The van der Waals surface area contributed by atoms with E-state index in [1.807, 2.05) is 0 Å². The van der Waals surface area contributed by atoms with Gasteiger partial charge in [0, 0.05) is 25.6 Å². The highest BCUT2D eigenvalue weighted by molar-refractivity contribution is 8.14. The zero-order valence-corrected chi connectivity index (χ0v) is 15.1. The number of benzene rings is 1. The smallest absolute Gasteiger partial charge is 0.289 e. The normalized spacial score (nSPS) is 19.0. The molecule has 2 saturated heterocycles. The summed E-state index contributed by atoms with van der Waals surface area (Å²) >= 11 is 6.79. The fraction of sp³-hybridized carbons (Fsp3) is 0.471. The highest BCUT2D eigenvalue weighted by Gasteiger charge is 2.37. The largest absolute Gasteiger partial charge is 0.343 e. The first-order chi connectivity index (χ1) is 12.0. The van der Waals surface area contributed by atoms with E-state index in [1.165, 1.54) is 11.0 Å². The molecule has 0 bridgehead atoms. The minimum atomic E-state index is -0.469. The summed E-state index contributed by atoms with van der Waals surface area (Å²) in [5.74, 6) is -0.360. The van der Waals surface area contributed by atoms with Crippen molar-refractivity contribution in [3.05, 3.63) is 34.6 Å². The molecule has 0 aromatic heterocycles. The summed E-state index contributed by atoms with van der Waals surface area (Å²) in [6.07, 6.45) is 2.06. The number of nitrogens with zero attached hydrogens (tertiary/aromatic N) is 2. The maximum absolute atomic E-state index is 13.1. The van der Waals surface area contributed by atoms with E-state index in [4.69, 9.17) is 11.6 Å². The van der Waals surface area contributed by atoms with Gasteiger partial charge in [0.15, 0.2) is 0 Å². The first kappa shape index (κ1) is 18.2. The molecular formula is C17H18ClFN2O3S. The van der Waals surface area contributed by atoms with Crippen LogP contribution in [0.4, 0.5) is 9.18 Å². The predicted molar refractivity (Wildman–Crippen MR) is 94.0 cm³/mol. The topological polar surface area (TPSA) is 57.7 Å². The number of likely N-dealkylation sites (tertiary alicyclic amines) is 1. The van der Waals surface area contributed by atoms with E-state index in [9.17, 15) is 18.8 Å². The van der Waals surface area contributed by atoms with E-state index < -0.39 is 5.82 Å². The Bertz CT molecular complexity index is 691. The Morgan fingerprint density at radius 3 is 2.60 bits per heavy atom. The number of halogens is 2. The Kier molecular flexibility index (Phi) is 5.64. The molecule has 8 heteroatoms. The summed E-state index contributed by atoms with van der Waals surface area (Å²) in [5, 5.41) is -0.119. The molecule has 0 atom stereocenters. The summed E-state index contributed by atoms with van der Waals surface area (Å²) in [6, 6.07) is 4.37. The fourth-order valence-corrected chi connectivity index (χ4v) is 4.17. The van der Waals surface area contributed by atoms with Crippen LogP contribution < -0.4 is 0 Å². The molecular weight excluding hydrogens is 367 g/mol. The van der Waals surface area contributed by atoms with Gasteiger partial charge in [-0.1, -0.05) is 29.4 Å². The second-order valence-corrected chi connectivity index (χ2v) is 7.51. The highest BCUT2D eigenvalue weighted by atomic mass is 35.5. The summed E-state index contributed by atoms with van der Waals surface area (Å²) in [5.41, 5.74) is 0.819. The first-order valence-corrected chi connectivity index (χ1v) is 9.52. The number of imide groups is 1. The lowest BCUT2D eigenvalue weighted by Crippen LogP contribution is -2.48. The van der Waals surface area contributed by atoms with Crippen molar-refractivity contribution in [1.29, 1.82) is 0 Å². The van der Waals surface area contributed by atoms with Gasteiger partial charge in [0.05, 0.1) is 10.8 Å². The van der Waals surface area contributed by atoms with Crippen LogP contribution in [0.5, 0.6) is 0 Å². The van der Waals surface area contributed by atoms with E-state index >= 15 is 0 Å². The lowest BCUT2D eigenvalue weighted by Gasteiger charge is -2.35. The molecule has 1 aromatic rings. The van der Waals surface area contributed by atoms with Gasteiger partial charge in [0.2, 0.25) is 11.8 Å². The Morgan fingerprint density at radius 1 is 1.28 bits per heavy atom. The number of aryl methyl sites for hydroxylation is 1. The van der Waals surface area contributed by atoms with E-state index in [-0.39, 0.29) is 33.9 Å². The van der Waals surface area contributed by atoms with E-state index in [0.29, 0.717) is 38.8 Å². The van der Waals surface area contributed by atoms with Crippen LogP contribution in [0.25, 0.3) is 0 Å². The molecule has 0 unspecified atom stereocenters. The summed E-state index contributed by atoms with van der Waals surface area (Å²) in [7, 11) is 0. The third-order valence-corrected chi connectivity index (χ3v) is 5.70. The SMILES string of the molecule is O=C(CCc1ccc(F)c(Cl)c1)N1CCC(N2C(=O)CSC2=O)CC1. The van der Waals surface area contributed by atoms with Gasteiger partial charge >= 0.3 is 0 Å². The van der Waals surface area contributed by atoms with Crippen molar-refractivity contribution >= 4 is 40.4 Å². The number of piperidine rings is 1. The third kappa shape index (κ3) is 4.15. The first-order valence-electron chi connectivity index (χ1n) is 8.16. The lowest BCUT2D eigenvalue weighted by molar-refractivity contribution is -0.133. The van der Waals surface area contributed by atoms with E-state index in [0.717, 1.165) is 17.3 Å². The van der Waals surface area contributed by atoms with Gasteiger partial charge < -0.3 is 4.90 Å². The average Bonchev–Trinajstić information content (AvgIpc) is 2.94. The number of carbonyl (C=O) groups excluding carboxylic acids is 3. The van der Waals surface area contributed by atoms with Gasteiger partial charge in [-0.15, -0.1) is 0 Å². The maximum atomic E-state index is 13.1. The van der Waals surface area contributed by atoms with Gasteiger partial charge in [-0.05, 0) is 37.0 Å². The molecule has 2 fully saturated rings. The van der Waals surface area contributed by atoms with Crippen LogP contribution >= 0.6 is 23.4 Å². The minimum absolute atomic E-state index is 0.0207. The molecule has 0 radical (unpaired) electrons. The number of thioether (sulfide) groups is 1. The zero-order valence-electron chi connectivity index (χ0n) is 13.5. The summed E-state index contributed by atoms with van der Waals surface area (Å²) in [6.45, 7) is 1.07. The summed E-state index contributed by atoms with van der Waals surface area (Å²) in [4.78, 5) is 39.0. The molecule has 25 heavy (non-hydrogen) atoms. The number of amides is 3. The van der Waals surface area contributed by atoms with Crippen LogP contribution in [0.3, 0.4) is 0 Å². The summed E-state index contributed by atoms with van der Waals surface area (Å²) < 4.78 is 13.1. The van der Waals surface area contributed by atoms with Crippen LogP contribution in [0, 0.1) is 5.82 Å². The molecule has 2 heterocycles. The van der Waals surface area contributed by atoms with Gasteiger partial charge in [0.25, 0.3) is 5.24 Å². The van der Waals surface area contributed by atoms with Crippen molar-refractivity contribution in [3.8, 4) is 0 Å². The second-order valence-electron chi connectivity index (χ2n) is 6.18. The zero-order chi connectivity index (χ0) is 18.0. The molecule has 134 valence electrons. The quantitative estimate of drug-likeness (QED) is 0.800. The molecule has 5 nitrogen and oxygen atoms in total. The van der Waals surface area contributed by atoms with Crippen molar-refractivity contribution in [2.24, 2.45) is 0 Å². The molecule has 0 spiro atoms. The van der Waals surface area contributed by atoms with E-state index in [2.05, 4.69) is 0 Å². The van der Waals surface area contributed by atoms with Crippen molar-refractivity contribution in [3.63, 3.8) is 0 Å². The number of hydrogen-bond acceptors (Lipinski definition) is 4. The predicted octanol–water partition coefficient (Wildman–Crippen LogP) is 3.10. The van der Waals surface area contributed by atoms with Crippen molar-refractivity contribution in [1.82, 2.24) is 9.80 Å². The van der Waals surface area contributed by atoms with Gasteiger partial charge in [0.1, 0.15) is 5.82 Å². The van der Waals surface area contributed by atoms with Gasteiger partial charge in [-0.3, -0.25) is 19.3 Å².